The monoisotopic (exact) mass is 445 g/mol. The van der Waals surface area contributed by atoms with Crippen LogP contribution in [0.2, 0.25) is 0 Å². The minimum atomic E-state index is -0.981. The first kappa shape index (κ1) is 21.0. The summed E-state index contributed by atoms with van der Waals surface area (Å²) in [7, 11) is 0. The van der Waals surface area contributed by atoms with E-state index in [9.17, 15) is 9.90 Å². The van der Waals surface area contributed by atoms with Crippen molar-refractivity contribution in [2.45, 2.75) is 25.7 Å². The SMILES string of the molecule is C[C@H](N)[C@H](Oc1ccc2c(cnn2-c2cccc(C(=O)O)c2)c1)c1ccc2c(c1)OCOC2. The predicted molar refractivity (Wildman–Crippen MR) is 122 cm³/mol. The fourth-order valence-corrected chi connectivity index (χ4v) is 3.94. The molecule has 0 saturated heterocycles. The number of rotatable bonds is 6. The van der Waals surface area contributed by atoms with E-state index in [0.29, 0.717) is 18.0 Å². The summed E-state index contributed by atoms with van der Waals surface area (Å²) in [5, 5.41) is 14.6. The van der Waals surface area contributed by atoms with E-state index in [1.807, 2.05) is 49.4 Å². The highest BCUT2D eigenvalue weighted by atomic mass is 16.7. The van der Waals surface area contributed by atoms with Gasteiger partial charge in [0, 0.05) is 17.0 Å². The topological polar surface area (TPSA) is 109 Å². The molecule has 2 atom stereocenters. The molecule has 168 valence electrons. The van der Waals surface area contributed by atoms with Crippen LogP contribution in [-0.2, 0) is 11.3 Å². The molecule has 5 rings (SSSR count). The van der Waals surface area contributed by atoms with Crippen LogP contribution in [0.1, 0.15) is 34.5 Å². The van der Waals surface area contributed by atoms with Crippen LogP contribution < -0.4 is 15.2 Å². The molecule has 8 heteroatoms. The molecule has 1 aliphatic rings. The van der Waals surface area contributed by atoms with Crippen molar-refractivity contribution in [3.63, 3.8) is 0 Å². The Morgan fingerprint density at radius 2 is 2.06 bits per heavy atom. The molecule has 0 amide bonds. The number of carboxylic acids is 1. The molecule has 4 aromatic rings. The van der Waals surface area contributed by atoms with Crippen molar-refractivity contribution in [3.8, 4) is 17.2 Å². The quantitative estimate of drug-likeness (QED) is 0.461. The number of aromatic nitrogens is 2. The lowest BCUT2D eigenvalue weighted by Crippen LogP contribution is -2.29. The van der Waals surface area contributed by atoms with Gasteiger partial charge in [-0.1, -0.05) is 18.2 Å². The van der Waals surface area contributed by atoms with Crippen LogP contribution in [0.3, 0.4) is 0 Å². The zero-order valence-electron chi connectivity index (χ0n) is 18.0. The summed E-state index contributed by atoms with van der Waals surface area (Å²) in [6.07, 6.45) is 1.35. The van der Waals surface area contributed by atoms with Gasteiger partial charge in [-0.2, -0.15) is 5.10 Å². The Hall–Kier alpha value is -3.88. The molecule has 0 bridgehead atoms. The average Bonchev–Trinajstić information content (AvgIpc) is 3.25. The molecular formula is C25H23N3O5. The van der Waals surface area contributed by atoms with Gasteiger partial charge >= 0.3 is 5.97 Å². The second-order valence-electron chi connectivity index (χ2n) is 8.01. The zero-order chi connectivity index (χ0) is 22.9. The minimum absolute atomic E-state index is 0.205. The van der Waals surface area contributed by atoms with E-state index < -0.39 is 5.97 Å². The number of nitrogens with two attached hydrogens (primary N) is 1. The van der Waals surface area contributed by atoms with Gasteiger partial charge in [0.1, 0.15) is 17.6 Å². The average molecular weight is 445 g/mol. The molecule has 0 spiro atoms. The maximum absolute atomic E-state index is 11.3. The van der Waals surface area contributed by atoms with E-state index in [4.69, 9.17) is 19.9 Å². The van der Waals surface area contributed by atoms with Crippen LogP contribution >= 0.6 is 0 Å². The number of hydrogen-bond acceptors (Lipinski definition) is 6. The molecule has 3 aromatic carbocycles. The molecule has 33 heavy (non-hydrogen) atoms. The third-order valence-corrected chi connectivity index (χ3v) is 5.59. The van der Waals surface area contributed by atoms with Crippen molar-refractivity contribution in [2.24, 2.45) is 5.73 Å². The van der Waals surface area contributed by atoms with Crippen LogP contribution in [0.25, 0.3) is 16.6 Å². The van der Waals surface area contributed by atoms with Gasteiger partial charge in [0.15, 0.2) is 6.79 Å². The van der Waals surface area contributed by atoms with Crippen molar-refractivity contribution in [1.82, 2.24) is 9.78 Å². The number of ether oxygens (including phenoxy) is 3. The molecule has 0 aliphatic carbocycles. The third kappa shape index (κ3) is 4.13. The van der Waals surface area contributed by atoms with E-state index in [0.717, 1.165) is 27.8 Å². The number of hydrogen-bond donors (Lipinski definition) is 2. The molecule has 1 aliphatic heterocycles. The van der Waals surface area contributed by atoms with Gasteiger partial charge in [0.05, 0.1) is 29.6 Å². The van der Waals surface area contributed by atoms with Gasteiger partial charge in [-0.3, -0.25) is 0 Å². The van der Waals surface area contributed by atoms with E-state index in [-0.39, 0.29) is 24.5 Å². The van der Waals surface area contributed by atoms with Gasteiger partial charge in [0.25, 0.3) is 0 Å². The molecule has 0 radical (unpaired) electrons. The Balaban J connectivity index is 1.44. The number of carbonyl (C=O) groups is 1. The van der Waals surface area contributed by atoms with Gasteiger partial charge in [-0.25, -0.2) is 9.48 Å². The summed E-state index contributed by atoms with van der Waals surface area (Å²) in [6, 6.07) is 18.0. The summed E-state index contributed by atoms with van der Waals surface area (Å²) in [5.41, 5.74) is 9.90. The second-order valence-corrected chi connectivity index (χ2v) is 8.01. The van der Waals surface area contributed by atoms with Crippen LogP contribution in [0.15, 0.2) is 66.9 Å². The van der Waals surface area contributed by atoms with Crippen LogP contribution in [0, 0.1) is 0 Å². The van der Waals surface area contributed by atoms with Crippen molar-refractivity contribution in [3.05, 3.63) is 83.6 Å². The summed E-state index contributed by atoms with van der Waals surface area (Å²) in [6.45, 7) is 2.66. The largest absolute Gasteiger partial charge is 0.484 e. The standard InChI is InChI=1S/C25H23N3O5/c1-15(26)24(16-5-6-18-13-31-14-32-23(18)11-16)33-21-7-8-22-19(10-21)12-27-28(22)20-4-2-3-17(9-20)25(29)30/h2-12,15,24H,13-14,26H2,1H3,(H,29,30)/t15-,24-/m0/s1. The fraction of sp³-hybridized carbons (Fsp3) is 0.200. The number of nitrogens with zero attached hydrogens (tertiary/aromatic N) is 2. The van der Waals surface area contributed by atoms with Crippen LogP contribution in [0.5, 0.6) is 11.5 Å². The Kier molecular flexibility index (Phi) is 5.45. The van der Waals surface area contributed by atoms with E-state index in [1.165, 1.54) is 0 Å². The Morgan fingerprint density at radius 1 is 1.18 bits per heavy atom. The smallest absolute Gasteiger partial charge is 0.335 e. The summed E-state index contributed by atoms with van der Waals surface area (Å²) < 4.78 is 18.9. The van der Waals surface area contributed by atoms with Crippen molar-refractivity contribution >= 4 is 16.9 Å². The molecule has 2 heterocycles. The normalized spacial score (nSPS) is 14.8. The van der Waals surface area contributed by atoms with Crippen LogP contribution in [-0.4, -0.2) is 33.7 Å². The third-order valence-electron chi connectivity index (χ3n) is 5.59. The molecule has 8 nitrogen and oxygen atoms in total. The Bertz CT molecular complexity index is 1330. The lowest BCUT2D eigenvalue weighted by Gasteiger charge is -2.25. The van der Waals surface area contributed by atoms with Crippen molar-refractivity contribution < 1.29 is 24.1 Å². The van der Waals surface area contributed by atoms with Gasteiger partial charge in [-0.15, -0.1) is 0 Å². The second kappa shape index (κ2) is 8.57. The van der Waals surface area contributed by atoms with E-state index >= 15 is 0 Å². The lowest BCUT2D eigenvalue weighted by molar-refractivity contribution is -0.0165. The maximum Gasteiger partial charge on any atom is 0.335 e. The predicted octanol–water partition coefficient (Wildman–Crippen LogP) is 4.06. The first-order valence-electron chi connectivity index (χ1n) is 10.6. The number of fused-ring (bicyclic) bond motifs is 2. The van der Waals surface area contributed by atoms with Gasteiger partial charge in [0.2, 0.25) is 0 Å². The molecule has 0 saturated carbocycles. The highest BCUT2D eigenvalue weighted by Gasteiger charge is 2.22. The molecule has 0 fully saturated rings. The highest BCUT2D eigenvalue weighted by Crippen LogP contribution is 2.32. The molecule has 0 unspecified atom stereocenters. The van der Waals surface area contributed by atoms with Crippen molar-refractivity contribution in [2.75, 3.05) is 6.79 Å². The summed E-state index contributed by atoms with van der Waals surface area (Å²) in [4.78, 5) is 11.3. The zero-order valence-corrected chi connectivity index (χ0v) is 18.0. The van der Waals surface area contributed by atoms with E-state index in [1.54, 1.807) is 29.1 Å². The Labute approximate surface area is 190 Å². The maximum atomic E-state index is 11.3. The first-order chi connectivity index (χ1) is 16.0. The van der Waals surface area contributed by atoms with Gasteiger partial charge < -0.3 is 25.1 Å². The lowest BCUT2D eigenvalue weighted by atomic mass is 10.0. The summed E-state index contributed by atoms with van der Waals surface area (Å²) in [5.74, 6) is 0.463. The Morgan fingerprint density at radius 3 is 2.88 bits per heavy atom. The first-order valence-corrected chi connectivity index (χ1v) is 10.6. The van der Waals surface area contributed by atoms with Crippen LogP contribution in [0.4, 0.5) is 0 Å². The number of carboxylic acid groups (broad SMARTS) is 1. The molecule has 3 N–H and O–H groups in total. The number of aromatic carboxylic acids is 1. The molecular weight excluding hydrogens is 422 g/mol. The van der Waals surface area contributed by atoms with E-state index in [2.05, 4.69) is 5.10 Å². The fourth-order valence-electron chi connectivity index (χ4n) is 3.94. The minimum Gasteiger partial charge on any atom is -0.484 e. The molecule has 1 aromatic heterocycles. The summed E-state index contributed by atoms with van der Waals surface area (Å²) >= 11 is 0. The van der Waals surface area contributed by atoms with Gasteiger partial charge in [-0.05, 0) is 55.0 Å². The highest BCUT2D eigenvalue weighted by molar-refractivity contribution is 5.88. The number of benzene rings is 3. The van der Waals surface area contributed by atoms with Crippen molar-refractivity contribution in [1.29, 1.82) is 0 Å².